The normalized spacial score (nSPS) is 12.0. The minimum atomic E-state index is -0.696. The van der Waals surface area contributed by atoms with Gasteiger partial charge in [0, 0.05) is 23.4 Å². The summed E-state index contributed by atoms with van der Waals surface area (Å²) >= 11 is 13.3. The Bertz CT molecular complexity index is 935. The van der Waals surface area contributed by atoms with Crippen molar-refractivity contribution in [1.82, 2.24) is 14.8 Å². The van der Waals surface area contributed by atoms with Gasteiger partial charge in [-0.25, -0.2) is 0 Å². The number of nitrogens with zero attached hydrogens (tertiary/aromatic N) is 3. The van der Waals surface area contributed by atoms with E-state index in [0.29, 0.717) is 26.7 Å². The van der Waals surface area contributed by atoms with E-state index in [1.807, 2.05) is 35.9 Å². The first-order valence-electron chi connectivity index (χ1n) is 8.40. The maximum atomic E-state index is 10.2. The molecule has 148 valence electrons. The fraction of sp³-hybridized carbons (Fsp3) is 0.263. The third-order valence-electron chi connectivity index (χ3n) is 3.91. The molecule has 1 atom stereocenters. The van der Waals surface area contributed by atoms with Crippen LogP contribution in [0.1, 0.15) is 0 Å². The zero-order valence-electron chi connectivity index (χ0n) is 15.3. The highest BCUT2D eigenvalue weighted by molar-refractivity contribution is 7.99. The van der Waals surface area contributed by atoms with E-state index in [9.17, 15) is 5.11 Å². The van der Waals surface area contributed by atoms with Crippen LogP contribution in [-0.2, 0) is 7.05 Å². The first-order chi connectivity index (χ1) is 13.5. The van der Waals surface area contributed by atoms with Crippen LogP contribution in [0.2, 0.25) is 10.0 Å². The van der Waals surface area contributed by atoms with Crippen LogP contribution in [0.4, 0.5) is 0 Å². The molecule has 0 bridgehead atoms. The van der Waals surface area contributed by atoms with Gasteiger partial charge in [0.05, 0.1) is 18.2 Å². The fourth-order valence-corrected chi connectivity index (χ4v) is 3.71. The second-order valence-corrected chi connectivity index (χ2v) is 7.78. The molecule has 1 aromatic heterocycles. The van der Waals surface area contributed by atoms with Gasteiger partial charge in [0.15, 0.2) is 11.0 Å². The van der Waals surface area contributed by atoms with Gasteiger partial charge in [-0.1, -0.05) is 35.0 Å². The van der Waals surface area contributed by atoms with E-state index >= 15 is 0 Å². The molecule has 1 unspecified atom stereocenters. The van der Waals surface area contributed by atoms with E-state index in [2.05, 4.69) is 10.2 Å². The van der Waals surface area contributed by atoms with Gasteiger partial charge in [-0.3, -0.25) is 0 Å². The summed E-state index contributed by atoms with van der Waals surface area (Å²) in [5.74, 6) is 2.41. The Labute approximate surface area is 177 Å². The summed E-state index contributed by atoms with van der Waals surface area (Å²) in [4.78, 5) is 0. The van der Waals surface area contributed by atoms with E-state index in [1.165, 1.54) is 11.8 Å². The van der Waals surface area contributed by atoms with Gasteiger partial charge in [0.1, 0.15) is 18.1 Å². The van der Waals surface area contributed by atoms with Crippen LogP contribution in [0.15, 0.2) is 47.6 Å². The lowest BCUT2D eigenvalue weighted by molar-refractivity contribution is 0.126. The number of methoxy groups -OCH3 is 1. The number of rotatable bonds is 8. The van der Waals surface area contributed by atoms with Gasteiger partial charge in [-0.15, -0.1) is 10.2 Å². The highest BCUT2D eigenvalue weighted by atomic mass is 35.5. The zero-order chi connectivity index (χ0) is 20.1. The van der Waals surface area contributed by atoms with Crippen LogP contribution in [0, 0.1) is 0 Å². The Balaban J connectivity index is 1.56. The van der Waals surface area contributed by atoms with Gasteiger partial charge in [0.2, 0.25) is 0 Å². The van der Waals surface area contributed by atoms with Crippen molar-refractivity contribution in [2.24, 2.45) is 7.05 Å². The molecular formula is C19H19Cl2N3O3S. The first-order valence-corrected chi connectivity index (χ1v) is 10.1. The number of thioether (sulfide) groups is 1. The Kier molecular flexibility index (Phi) is 7.07. The van der Waals surface area contributed by atoms with Gasteiger partial charge in [-0.05, 0) is 42.5 Å². The van der Waals surface area contributed by atoms with E-state index in [-0.39, 0.29) is 6.61 Å². The van der Waals surface area contributed by atoms with E-state index in [4.69, 9.17) is 32.7 Å². The largest absolute Gasteiger partial charge is 0.497 e. The number of aliphatic hydroxyl groups is 1. The fourth-order valence-electron chi connectivity index (χ4n) is 2.43. The van der Waals surface area contributed by atoms with Crippen LogP contribution < -0.4 is 9.47 Å². The maximum absolute atomic E-state index is 10.2. The van der Waals surface area contributed by atoms with Gasteiger partial charge in [0.25, 0.3) is 0 Å². The number of ether oxygens (including phenoxy) is 2. The van der Waals surface area contributed by atoms with Crippen LogP contribution >= 0.6 is 35.0 Å². The van der Waals surface area contributed by atoms with Crippen molar-refractivity contribution in [3.05, 3.63) is 52.5 Å². The molecule has 0 saturated heterocycles. The maximum Gasteiger partial charge on any atom is 0.191 e. The topological polar surface area (TPSA) is 69.4 Å². The molecule has 0 fully saturated rings. The molecular weight excluding hydrogens is 421 g/mol. The average Bonchev–Trinajstić information content (AvgIpc) is 3.06. The Hall–Kier alpha value is -1.93. The number of hydrogen-bond acceptors (Lipinski definition) is 6. The number of halogens is 2. The van der Waals surface area contributed by atoms with Gasteiger partial charge in [-0.2, -0.15) is 0 Å². The monoisotopic (exact) mass is 439 g/mol. The van der Waals surface area contributed by atoms with E-state index in [0.717, 1.165) is 17.1 Å². The molecule has 0 saturated carbocycles. The second kappa shape index (κ2) is 9.52. The lowest BCUT2D eigenvalue weighted by atomic mass is 10.2. The molecule has 0 aliphatic heterocycles. The molecule has 0 amide bonds. The van der Waals surface area contributed by atoms with Crippen LogP contribution in [0.25, 0.3) is 11.4 Å². The van der Waals surface area contributed by atoms with E-state index < -0.39 is 6.10 Å². The lowest BCUT2D eigenvalue weighted by Gasteiger charge is -2.13. The van der Waals surface area contributed by atoms with Crippen molar-refractivity contribution >= 4 is 35.0 Å². The first kappa shape index (κ1) is 20.8. The minimum absolute atomic E-state index is 0.109. The third kappa shape index (κ3) is 5.11. The molecule has 0 aliphatic rings. The van der Waals surface area contributed by atoms with Crippen LogP contribution in [-0.4, -0.2) is 45.4 Å². The number of hydrogen-bond donors (Lipinski definition) is 1. The Morgan fingerprint density at radius 2 is 1.89 bits per heavy atom. The molecule has 0 spiro atoms. The summed E-state index contributed by atoms with van der Waals surface area (Å²) in [6.07, 6.45) is -0.696. The van der Waals surface area contributed by atoms with E-state index in [1.54, 1.807) is 25.3 Å². The van der Waals surface area contributed by atoms with Crippen molar-refractivity contribution in [3.8, 4) is 22.9 Å². The molecule has 3 rings (SSSR count). The van der Waals surface area contributed by atoms with Gasteiger partial charge >= 0.3 is 0 Å². The summed E-state index contributed by atoms with van der Waals surface area (Å²) in [6, 6.07) is 12.6. The predicted octanol–water partition coefficient (Wildman–Crippen LogP) is 4.33. The number of aliphatic hydroxyl groups excluding tert-OH is 1. The summed E-state index contributed by atoms with van der Waals surface area (Å²) in [6.45, 7) is 0.109. The van der Waals surface area contributed by atoms with Crippen molar-refractivity contribution < 1.29 is 14.6 Å². The third-order valence-corrected chi connectivity index (χ3v) is 5.61. The molecule has 6 nitrogen and oxygen atoms in total. The molecule has 1 N–H and O–H groups in total. The smallest absolute Gasteiger partial charge is 0.191 e. The summed E-state index contributed by atoms with van der Waals surface area (Å²) in [7, 11) is 3.51. The van der Waals surface area contributed by atoms with Crippen LogP contribution in [0.5, 0.6) is 11.5 Å². The van der Waals surface area contributed by atoms with Crippen LogP contribution in [0.3, 0.4) is 0 Å². The Morgan fingerprint density at radius 1 is 1.14 bits per heavy atom. The highest BCUT2D eigenvalue weighted by Crippen LogP contribution is 2.28. The molecule has 3 aromatic rings. The number of aromatic nitrogens is 3. The van der Waals surface area contributed by atoms with Crippen molar-refractivity contribution in [2.45, 2.75) is 11.3 Å². The van der Waals surface area contributed by atoms with Crippen molar-refractivity contribution in [2.75, 3.05) is 19.5 Å². The lowest BCUT2D eigenvalue weighted by Crippen LogP contribution is -2.20. The molecule has 2 aromatic carbocycles. The minimum Gasteiger partial charge on any atom is -0.497 e. The number of benzene rings is 2. The molecule has 0 radical (unpaired) electrons. The second-order valence-electron chi connectivity index (χ2n) is 5.94. The summed E-state index contributed by atoms with van der Waals surface area (Å²) < 4.78 is 12.6. The highest BCUT2D eigenvalue weighted by Gasteiger charge is 2.14. The molecule has 28 heavy (non-hydrogen) atoms. The standard InChI is InChI=1S/C19H19Cl2N3O3S/c1-24-18(12-3-6-15(26-2)7-4-12)22-23-19(24)28-11-14(25)10-27-17-8-5-13(20)9-16(17)21/h3-9,14,25H,10-11H2,1-2H3. The zero-order valence-corrected chi connectivity index (χ0v) is 17.6. The predicted molar refractivity (Wildman–Crippen MR) is 112 cm³/mol. The summed E-state index contributed by atoms with van der Waals surface area (Å²) in [5, 5.41) is 20.3. The van der Waals surface area contributed by atoms with Crippen molar-refractivity contribution in [3.63, 3.8) is 0 Å². The van der Waals surface area contributed by atoms with Crippen molar-refractivity contribution in [1.29, 1.82) is 0 Å². The molecule has 9 heteroatoms. The summed E-state index contributed by atoms with van der Waals surface area (Å²) in [5.41, 5.74) is 0.934. The Morgan fingerprint density at radius 3 is 2.57 bits per heavy atom. The van der Waals surface area contributed by atoms with Gasteiger partial charge < -0.3 is 19.1 Å². The SMILES string of the molecule is COc1ccc(-c2nnc(SCC(O)COc3ccc(Cl)cc3Cl)n2C)cc1. The molecule has 0 aliphatic carbocycles. The average molecular weight is 440 g/mol. The molecule has 1 heterocycles. The quantitative estimate of drug-likeness (QED) is 0.526.